The first kappa shape index (κ1) is 22.2. The average molecular weight is 531 g/mol. The van der Waals surface area contributed by atoms with Gasteiger partial charge < -0.3 is 15.2 Å². The molecule has 1 amide bonds. The number of carbonyl (C=O) groups is 1. The van der Waals surface area contributed by atoms with Crippen LogP contribution in [-0.4, -0.2) is 28.8 Å². The van der Waals surface area contributed by atoms with E-state index in [2.05, 4.69) is 32.9 Å². The number of anilines is 1. The van der Waals surface area contributed by atoms with Gasteiger partial charge in [-0.25, -0.2) is 0 Å². The van der Waals surface area contributed by atoms with E-state index in [0.29, 0.717) is 16.9 Å². The fourth-order valence-electron chi connectivity index (χ4n) is 2.66. The van der Waals surface area contributed by atoms with E-state index < -0.39 is 4.92 Å². The number of amides is 1. The number of benzene rings is 3. The van der Waals surface area contributed by atoms with E-state index in [-0.39, 0.29) is 35.3 Å². The number of aliphatic imine (C=N–C) groups is 1. The van der Waals surface area contributed by atoms with Gasteiger partial charge in [-0.2, -0.15) is 0 Å². The maximum atomic E-state index is 12.3. The lowest BCUT2D eigenvalue weighted by atomic mass is 10.1. The molecule has 0 aromatic heterocycles. The highest BCUT2D eigenvalue weighted by Crippen LogP contribution is 2.34. The second kappa shape index (κ2) is 10.0. The fourth-order valence-corrected chi connectivity index (χ4v) is 3.02. The second-order valence-corrected chi connectivity index (χ2v) is 7.58. The topological polar surface area (TPSA) is 114 Å². The zero-order valence-corrected chi connectivity index (χ0v) is 18.6. The number of hydrogen-bond acceptors (Lipinski definition) is 6. The molecule has 0 aliphatic rings. The quantitative estimate of drug-likeness (QED) is 0.186. The van der Waals surface area contributed by atoms with Crippen molar-refractivity contribution in [3.8, 4) is 11.5 Å². The summed E-state index contributed by atoms with van der Waals surface area (Å²) in [6, 6.07) is 16.3. The Labute approximate surface area is 191 Å². The largest absolute Gasteiger partial charge is 0.504 e. The van der Waals surface area contributed by atoms with Gasteiger partial charge in [-0.05, 0) is 78.0 Å². The number of nitro groups is 1. The van der Waals surface area contributed by atoms with E-state index in [1.165, 1.54) is 18.3 Å². The van der Waals surface area contributed by atoms with Crippen molar-refractivity contribution in [3.05, 3.63) is 85.5 Å². The molecule has 0 aliphatic heterocycles. The van der Waals surface area contributed by atoms with Gasteiger partial charge in [0, 0.05) is 32.7 Å². The molecule has 3 rings (SSSR count). The number of nitrogens with zero attached hydrogens (tertiary/aromatic N) is 2. The van der Waals surface area contributed by atoms with Crippen LogP contribution in [0.4, 0.5) is 17.1 Å². The number of nitrogens with one attached hydrogen (secondary N) is 1. The number of hydrogen-bond donors (Lipinski definition) is 2. The van der Waals surface area contributed by atoms with Crippen molar-refractivity contribution in [1.29, 1.82) is 0 Å². The van der Waals surface area contributed by atoms with Crippen molar-refractivity contribution in [2.24, 2.45) is 4.99 Å². The van der Waals surface area contributed by atoms with E-state index >= 15 is 0 Å². The summed E-state index contributed by atoms with van der Waals surface area (Å²) >= 11 is 2.17. The molecule has 2 N–H and O–H groups in total. The number of carbonyl (C=O) groups excluding carboxylic acids is 1. The van der Waals surface area contributed by atoms with Gasteiger partial charge in [0.25, 0.3) is 11.6 Å². The standard InChI is InChI=1S/C22H18IN3O5/c1-2-31-20-12-19(26(29)30)11-15(21(20)27)13-24-17-7-9-18(10-8-17)25-22(28)14-3-5-16(23)6-4-14/h3-13,27H,2H2,1H3,(H,25,28). The number of aromatic hydroxyl groups is 1. The third kappa shape index (κ3) is 5.79. The number of phenols is 1. The summed E-state index contributed by atoms with van der Waals surface area (Å²) in [6.45, 7) is 1.96. The molecule has 0 saturated carbocycles. The van der Waals surface area contributed by atoms with Crippen LogP contribution in [0.3, 0.4) is 0 Å². The van der Waals surface area contributed by atoms with Crippen LogP contribution in [-0.2, 0) is 0 Å². The van der Waals surface area contributed by atoms with Crippen LogP contribution < -0.4 is 10.1 Å². The SMILES string of the molecule is CCOc1cc([N+](=O)[O-])cc(C=Nc2ccc(NC(=O)c3ccc(I)cc3)cc2)c1O. The van der Waals surface area contributed by atoms with Crippen molar-refractivity contribution in [3.63, 3.8) is 0 Å². The first-order valence-electron chi connectivity index (χ1n) is 9.22. The molecule has 0 aliphatic carbocycles. The van der Waals surface area contributed by atoms with E-state index in [0.717, 1.165) is 3.57 Å². The van der Waals surface area contributed by atoms with Crippen LogP contribution >= 0.6 is 22.6 Å². The molecule has 3 aromatic carbocycles. The number of rotatable bonds is 7. The van der Waals surface area contributed by atoms with Gasteiger partial charge in [0.2, 0.25) is 0 Å². The van der Waals surface area contributed by atoms with Gasteiger partial charge in [-0.1, -0.05) is 0 Å². The van der Waals surface area contributed by atoms with Crippen molar-refractivity contribution in [2.45, 2.75) is 6.92 Å². The zero-order chi connectivity index (χ0) is 22.4. The minimum Gasteiger partial charge on any atom is -0.504 e. The Balaban J connectivity index is 1.75. The minimum atomic E-state index is -0.565. The fraction of sp³-hybridized carbons (Fsp3) is 0.0909. The maximum absolute atomic E-state index is 12.3. The summed E-state index contributed by atoms with van der Waals surface area (Å²) in [5.74, 6) is -0.429. The van der Waals surface area contributed by atoms with Gasteiger partial charge in [0.15, 0.2) is 11.5 Å². The van der Waals surface area contributed by atoms with Crippen LogP contribution in [0.5, 0.6) is 11.5 Å². The lowest BCUT2D eigenvalue weighted by molar-refractivity contribution is -0.385. The summed E-state index contributed by atoms with van der Waals surface area (Å²) in [5, 5.41) is 24.2. The summed E-state index contributed by atoms with van der Waals surface area (Å²) < 4.78 is 6.30. The number of halogens is 1. The second-order valence-electron chi connectivity index (χ2n) is 6.34. The smallest absolute Gasteiger partial charge is 0.274 e. The molecule has 0 unspecified atom stereocenters. The molecule has 0 spiro atoms. The lowest BCUT2D eigenvalue weighted by Crippen LogP contribution is -2.11. The zero-order valence-electron chi connectivity index (χ0n) is 16.4. The first-order valence-corrected chi connectivity index (χ1v) is 10.3. The summed E-state index contributed by atoms with van der Waals surface area (Å²) in [4.78, 5) is 27.1. The number of phenolic OH excluding ortho intramolecular Hbond substituents is 1. The Bertz CT molecular complexity index is 1130. The Morgan fingerprint density at radius 2 is 1.87 bits per heavy atom. The molecule has 0 saturated heterocycles. The summed E-state index contributed by atoms with van der Waals surface area (Å²) in [6.07, 6.45) is 1.32. The highest BCUT2D eigenvalue weighted by molar-refractivity contribution is 14.1. The number of nitro benzene ring substituents is 1. The molecule has 3 aromatic rings. The van der Waals surface area contributed by atoms with Crippen molar-refractivity contribution < 1.29 is 19.6 Å². The van der Waals surface area contributed by atoms with Gasteiger partial charge in [0.1, 0.15) is 0 Å². The van der Waals surface area contributed by atoms with Gasteiger partial charge >= 0.3 is 0 Å². The van der Waals surface area contributed by atoms with E-state index in [9.17, 15) is 20.0 Å². The summed E-state index contributed by atoms with van der Waals surface area (Å²) in [7, 11) is 0. The highest BCUT2D eigenvalue weighted by Gasteiger charge is 2.16. The monoisotopic (exact) mass is 531 g/mol. The number of non-ortho nitro benzene ring substituents is 1. The summed E-state index contributed by atoms with van der Waals surface area (Å²) in [5.41, 5.74) is 1.63. The van der Waals surface area contributed by atoms with Gasteiger partial charge in [-0.15, -0.1) is 0 Å². The van der Waals surface area contributed by atoms with Gasteiger partial charge in [0.05, 0.1) is 23.3 Å². The molecule has 0 radical (unpaired) electrons. The van der Waals surface area contributed by atoms with Crippen molar-refractivity contribution in [2.75, 3.05) is 11.9 Å². The molecule has 0 heterocycles. The molecule has 8 nitrogen and oxygen atoms in total. The van der Waals surface area contributed by atoms with Crippen LogP contribution in [0.1, 0.15) is 22.8 Å². The van der Waals surface area contributed by atoms with E-state index in [4.69, 9.17) is 4.74 Å². The predicted molar refractivity (Wildman–Crippen MR) is 127 cm³/mol. The first-order chi connectivity index (χ1) is 14.9. The molecule has 9 heteroatoms. The van der Waals surface area contributed by atoms with Crippen LogP contribution in [0.2, 0.25) is 0 Å². The maximum Gasteiger partial charge on any atom is 0.274 e. The molecule has 31 heavy (non-hydrogen) atoms. The molecule has 0 bridgehead atoms. The van der Waals surface area contributed by atoms with Crippen molar-refractivity contribution >= 4 is 51.8 Å². The third-order valence-corrected chi connectivity index (χ3v) is 4.90. The molecular weight excluding hydrogens is 513 g/mol. The Morgan fingerprint density at radius 3 is 2.48 bits per heavy atom. The lowest BCUT2D eigenvalue weighted by Gasteiger charge is -2.08. The molecule has 0 fully saturated rings. The molecular formula is C22H18IN3O5. The minimum absolute atomic E-state index is 0.0202. The molecule has 158 valence electrons. The third-order valence-electron chi connectivity index (χ3n) is 4.18. The normalized spacial score (nSPS) is 10.8. The highest BCUT2D eigenvalue weighted by atomic mass is 127. The Morgan fingerprint density at radius 1 is 1.19 bits per heavy atom. The molecule has 0 atom stereocenters. The van der Waals surface area contributed by atoms with Crippen LogP contribution in [0.25, 0.3) is 0 Å². The average Bonchev–Trinajstić information content (AvgIpc) is 2.75. The van der Waals surface area contributed by atoms with Crippen molar-refractivity contribution in [1.82, 2.24) is 0 Å². The van der Waals surface area contributed by atoms with E-state index in [1.54, 1.807) is 43.3 Å². The van der Waals surface area contributed by atoms with Crippen LogP contribution in [0, 0.1) is 13.7 Å². The predicted octanol–water partition coefficient (Wildman–Crippen LogP) is 5.31. The number of ether oxygens (including phenoxy) is 1. The van der Waals surface area contributed by atoms with Gasteiger partial charge in [-0.3, -0.25) is 19.9 Å². The Kier molecular flexibility index (Phi) is 7.19. The Hall–Kier alpha value is -3.47. The van der Waals surface area contributed by atoms with E-state index in [1.807, 2.05) is 12.1 Å². The van der Waals surface area contributed by atoms with Crippen LogP contribution in [0.15, 0.2) is 65.7 Å².